The van der Waals surface area contributed by atoms with E-state index in [9.17, 15) is 0 Å². The molecule has 7 nitrogen and oxygen atoms in total. The zero-order chi connectivity index (χ0) is 22.0. The van der Waals surface area contributed by atoms with Crippen LogP contribution in [0.15, 0.2) is 24.3 Å². The van der Waals surface area contributed by atoms with Gasteiger partial charge in [0.2, 0.25) is 12.5 Å². The fraction of sp³-hybridized carbons (Fsp3) is 0.500. The number of hydrogen-bond acceptors (Lipinski definition) is 7. The molecule has 1 aliphatic heterocycles. The van der Waals surface area contributed by atoms with E-state index in [2.05, 4.69) is 12.1 Å². The Morgan fingerprint density at radius 1 is 0.806 bits per heavy atom. The molecule has 0 saturated heterocycles. The zero-order valence-corrected chi connectivity index (χ0v) is 18.7. The molecule has 168 valence electrons. The molecule has 1 heterocycles. The molecule has 7 heteroatoms. The Morgan fingerprint density at radius 3 is 2.19 bits per heavy atom. The monoisotopic (exact) mass is 430 g/mol. The molecule has 4 rings (SSSR count). The minimum atomic E-state index is 0.00464. The van der Waals surface area contributed by atoms with Gasteiger partial charge in [0.25, 0.3) is 0 Å². The summed E-state index contributed by atoms with van der Waals surface area (Å²) in [5, 5.41) is 0. The first-order valence-corrected chi connectivity index (χ1v) is 10.4. The summed E-state index contributed by atoms with van der Waals surface area (Å²) >= 11 is 0. The quantitative estimate of drug-likeness (QED) is 0.633. The van der Waals surface area contributed by atoms with Crippen LogP contribution in [0.2, 0.25) is 0 Å². The van der Waals surface area contributed by atoms with E-state index < -0.39 is 0 Å². The van der Waals surface area contributed by atoms with E-state index in [0.717, 1.165) is 23.3 Å². The smallest absolute Gasteiger partial charge is 0.231 e. The number of benzene rings is 2. The first-order chi connectivity index (χ1) is 15.2. The predicted molar refractivity (Wildman–Crippen MR) is 115 cm³/mol. The normalized spacial score (nSPS) is 21.5. The SMILES string of the molecule is COC[C@@H]1Cc2cc(OC)c3c(c2[C@H](c2ccc(OC)c(OC)c2)[C@H]1COC)OCO3. The molecule has 0 spiro atoms. The van der Waals surface area contributed by atoms with Gasteiger partial charge in [-0.3, -0.25) is 0 Å². The Balaban J connectivity index is 1.93. The van der Waals surface area contributed by atoms with Gasteiger partial charge in [0.15, 0.2) is 23.0 Å². The second-order valence-corrected chi connectivity index (χ2v) is 7.85. The largest absolute Gasteiger partial charge is 0.493 e. The van der Waals surface area contributed by atoms with Crippen molar-refractivity contribution >= 4 is 0 Å². The van der Waals surface area contributed by atoms with Crippen molar-refractivity contribution in [3.05, 3.63) is 41.0 Å². The van der Waals surface area contributed by atoms with Crippen molar-refractivity contribution in [3.63, 3.8) is 0 Å². The molecule has 0 bridgehead atoms. The van der Waals surface area contributed by atoms with Gasteiger partial charge in [0.1, 0.15) is 0 Å². The molecule has 1 aliphatic carbocycles. The van der Waals surface area contributed by atoms with Gasteiger partial charge in [-0.15, -0.1) is 0 Å². The van der Waals surface area contributed by atoms with Gasteiger partial charge in [0.05, 0.1) is 27.9 Å². The summed E-state index contributed by atoms with van der Waals surface area (Å²) in [7, 11) is 8.42. The summed E-state index contributed by atoms with van der Waals surface area (Å²) in [4.78, 5) is 0. The van der Waals surface area contributed by atoms with Crippen LogP contribution in [0.4, 0.5) is 0 Å². The van der Waals surface area contributed by atoms with Crippen LogP contribution in [0.5, 0.6) is 28.7 Å². The minimum absolute atomic E-state index is 0.00464. The van der Waals surface area contributed by atoms with E-state index in [0.29, 0.717) is 36.2 Å². The van der Waals surface area contributed by atoms with E-state index in [-0.39, 0.29) is 24.5 Å². The van der Waals surface area contributed by atoms with Crippen molar-refractivity contribution in [1.82, 2.24) is 0 Å². The second kappa shape index (κ2) is 9.24. The Labute approximate surface area is 183 Å². The molecule has 3 atom stereocenters. The van der Waals surface area contributed by atoms with Gasteiger partial charge >= 0.3 is 0 Å². The minimum Gasteiger partial charge on any atom is -0.493 e. The van der Waals surface area contributed by atoms with Crippen LogP contribution in [-0.4, -0.2) is 55.6 Å². The van der Waals surface area contributed by atoms with E-state index in [1.807, 2.05) is 12.1 Å². The van der Waals surface area contributed by atoms with Crippen LogP contribution in [0.25, 0.3) is 0 Å². The van der Waals surface area contributed by atoms with Crippen LogP contribution >= 0.6 is 0 Å². The lowest BCUT2D eigenvalue weighted by atomic mass is 9.66. The molecule has 0 radical (unpaired) electrons. The number of methoxy groups -OCH3 is 5. The Bertz CT molecular complexity index is 927. The molecule has 0 amide bonds. The number of rotatable bonds is 8. The average molecular weight is 430 g/mol. The summed E-state index contributed by atoms with van der Waals surface area (Å²) in [6, 6.07) is 8.14. The van der Waals surface area contributed by atoms with Crippen molar-refractivity contribution in [2.75, 3.05) is 55.6 Å². The average Bonchev–Trinajstić information content (AvgIpc) is 3.29. The van der Waals surface area contributed by atoms with Gasteiger partial charge in [-0.2, -0.15) is 0 Å². The summed E-state index contributed by atoms with van der Waals surface area (Å²) in [5.41, 5.74) is 3.40. The topological polar surface area (TPSA) is 64.6 Å². The highest BCUT2D eigenvalue weighted by Crippen LogP contribution is 2.55. The lowest BCUT2D eigenvalue weighted by molar-refractivity contribution is 0.0559. The first kappa shape index (κ1) is 21.6. The molecular weight excluding hydrogens is 400 g/mol. The number of ether oxygens (including phenoxy) is 7. The van der Waals surface area contributed by atoms with Crippen molar-refractivity contribution in [2.24, 2.45) is 11.8 Å². The van der Waals surface area contributed by atoms with E-state index >= 15 is 0 Å². The predicted octanol–water partition coefficient (Wildman–Crippen LogP) is 3.65. The third-order valence-corrected chi connectivity index (χ3v) is 6.29. The van der Waals surface area contributed by atoms with Crippen LogP contribution in [0.3, 0.4) is 0 Å². The number of hydrogen-bond donors (Lipinski definition) is 0. The van der Waals surface area contributed by atoms with Crippen molar-refractivity contribution in [1.29, 1.82) is 0 Å². The van der Waals surface area contributed by atoms with Gasteiger partial charge in [-0.1, -0.05) is 6.07 Å². The highest BCUT2D eigenvalue weighted by Gasteiger charge is 2.42. The maximum atomic E-state index is 5.98. The van der Waals surface area contributed by atoms with Crippen molar-refractivity contribution in [3.8, 4) is 28.7 Å². The summed E-state index contributed by atoms with van der Waals surface area (Å²) in [6.45, 7) is 1.40. The van der Waals surface area contributed by atoms with Crippen LogP contribution < -0.4 is 23.7 Å². The molecule has 2 aromatic carbocycles. The van der Waals surface area contributed by atoms with Gasteiger partial charge in [-0.25, -0.2) is 0 Å². The van der Waals surface area contributed by atoms with Gasteiger partial charge in [-0.05, 0) is 47.6 Å². The van der Waals surface area contributed by atoms with Crippen LogP contribution in [0, 0.1) is 11.8 Å². The maximum Gasteiger partial charge on any atom is 0.231 e. The zero-order valence-electron chi connectivity index (χ0n) is 18.7. The third-order valence-electron chi connectivity index (χ3n) is 6.29. The first-order valence-electron chi connectivity index (χ1n) is 10.4. The lowest BCUT2D eigenvalue weighted by Gasteiger charge is -2.40. The molecule has 2 aromatic rings. The Morgan fingerprint density at radius 2 is 1.52 bits per heavy atom. The molecule has 31 heavy (non-hydrogen) atoms. The summed E-state index contributed by atoms with van der Waals surface area (Å²) < 4.78 is 39.7. The fourth-order valence-corrected chi connectivity index (χ4v) is 4.97. The van der Waals surface area contributed by atoms with E-state index in [1.54, 1.807) is 35.5 Å². The van der Waals surface area contributed by atoms with Crippen LogP contribution in [0.1, 0.15) is 22.6 Å². The summed E-state index contributed by atoms with van der Waals surface area (Å²) in [6.07, 6.45) is 0.841. The molecule has 0 N–H and O–H groups in total. The summed E-state index contributed by atoms with van der Waals surface area (Å²) in [5.74, 6) is 3.94. The van der Waals surface area contributed by atoms with Crippen molar-refractivity contribution in [2.45, 2.75) is 12.3 Å². The van der Waals surface area contributed by atoms with E-state index in [4.69, 9.17) is 33.2 Å². The lowest BCUT2D eigenvalue weighted by Crippen LogP contribution is -2.36. The Kier molecular flexibility index (Phi) is 6.43. The molecule has 0 unspecified atom stereocenters. The van der Waals surface area contributed by atoms with Crippen LogP contribution in [-0.2, 0) is 15.9 Å². The van der Waals surface area contributed by atoms with Crippen molar-refractivity contribution < 1.29 is 33.2 Å². The standard InChI is InChI=1S/C24H30O7/c1-25-11-16-8-15-10-20(29-5)23-24(31-13-30-23)22(15)21(17(16)12-26-2)14-6-7-18(27-3)19(9-14)28-4/h6-7,9-10,16-17,21H,8,11-13H2,1-5H3/t16-,17-,21+/m0/s1. The molecule has 0 aromatic heterocycles. The Hall–Kier alpha value is -2.64. The van der Waals surface area contributed by atoms with Gasteiger partial charge in [0, 0.05) is 32.3 Å². The fourth-order valence-electron chi connectivity index (χ4n) is 4.97. The van der Waals surface area contributed by atoms with E-state index in [1.165, 1.54) is 5.56 Å². The number of fused-ring (bicyclic) bond motifs is 3. The highest BCUT2D eigenvalue weighted by molar-refractivity contribution is 5.64. The molecular formula is C24H30O7. The molecule has 2 aliphatic rings. The second-order valence-electron chi connectivity index (χ2n) is 7.85. The molecule has 0 fully saturated rings. The third kappa shape index (κ3) is 3.77. The maximum absolute atomic E-state index is 5.98. The highest BCUT2D eigenvalue weighted by atomic mass is 16.7. The molecule has 0 saturated carbocycles. The van der Waals surface area contributed by atoms with Gasteiger partial charge < -0.3 is 33.2 Å².